The molecule has 1 fully saturated rings. The van der Waals surface area contributed by atoms with Crippen LogP contribution in [0.3, 0.4) is 0 Å². The minimum absolute atomic E-state index is 0.135. The lowest BCUT2D eigenvalue weighted by atomic mass is 10.2. The molecule has 0 saturated carbocycles. The largest absolute Gasteiger partial charge is 0.330 e. The molecule has 2 N–H and O–H groups in total. The van der Waals surface area contributed by atoms with Crippen LogP contribution in [-0.4, -0.2) is 74.9 Å². The Hall–Kier alpha value is -2.56. The first kappa shape index (κ1) is 21.2. The van der Waals surface area contributed by atoms with Crippen molar-refractivity contribution in [3.05, 3.63) is 42.7 Å². The molecule has 0 aliphatic carbocycles. The van der Waals surface area contributed by atoms with Crippen molar-refractivity contribution >= 4 is 27.6 Å². The van der Waals surface area contributed by atoms with Crippen LogP contribution in [-0.2, 0) is 14.8 Å². The summed E-state index contributed by atoms with van der Waals surface area (Å²) in [6, 6.07) is 7.85. The molecule has 2 aromatic rings. The van der Waals surface area contributed by atoms with Crippen LogP contribution in [0.1, 0.15) is 6.92 Å². The summed E-state index contributed by atoms with van der Waals surface area (Å²) in [7, 11) is -0.592. The van der Waals surface area contributed by atoms with Crippen molar-refractivity contribution in [1.29, 1.82) is 0 Å². The van der Waals surface area contributed by atoms with Crippen LogP contribution < -0.4 is 15.1 Å². The van der Waals surface area contributed by atoms with E-state index >= 15 is 0 Å². The van der Waals surface area contributed by atoms with Gasteiger partial charge in [-0.15, -0.1) is 0 Å². The molecule has 1 aromatic carbocycles. The van der Waals surface area contributed by atoms with Crippen molar-refractivity contribution in [3.63, 3.8) is 0 Å². The molecule has 9 nitrogen and oxygen atoms in total. The molecule has 1 aliphatic heterocycles. The number of nitrogens with zero attached hydrogens (tertiary/aromatic N) is 4. The Balaban J connectivity index is 1.60. The second kappa shape index (κ2) is 8.85. The third kappa shape index (κ3) is 4.89. The molecule has 1 saturated heterocycles. The molecule has 2 heterocycles. The molecule has 0 spiro atoms. The van der Waals surface area contributed by atoms with E-state index in [0.29, 0.717) is 11.6 Å². The summed E-state index contributed by atoms with van der Waals surface area (Å²) in [4.78, 5) is 24.7. The minimum atomic E-state index is -3.55. The highest BCUT2D eigenvalue weighted by Crippen LogP contribution is 2.18. The molecule has 156 valence electrons. The Morgan fingerprint density at radius 1 is 1.17 bits per heavy atom. The number of aromatic nitrogens is 2. The van der Waals surface area contributed by atoms with E-state index in [1.807, 2.05) is 6.92 Å². The lowest BCUT2D eigenvalue weighted by Gasteiger charge is -2.34. The summed E-state index contributed by atoms with van der Waals surface area (Å²) in [6.07, 6.45) is 3.45. The van der Waals surface area contributed by atoms with Gasteiger partial charge >= 0.3 is 0 Å². The standard InChI is InChI=1S/C19H26N6O3S/c1-15(24-10-12-25(13-11-24)19-20-8-5-9-21-19)18(26)22-16-6-4-7-17(14-16)29(27,28)23(2)3/h4-9,14-15H,10-13H2,1-3H3,(H,22,26)/p+1/t15-/m1/s1. The van der Waals surface area contributed by atoms with Crippen LogP contribution in [0.5, 0.6) is 0 Å². The minimum Gasteiger partial charge on any atom is -0.330 e. The molecule has 0 bridgehead atoms. The molecular weight excluding hydrogens is 392 g/mol. The fourth-order valence-corrected chi connectivity index (χ4v) is 4.21. The Morgan fingerprint density at radius 3 is 2.45 bits per heavy atom. The van der Waals surface area contributed by atoms with Crippen LogP contribution >= 0.6 is 0 Å². The summed E-state index contributed by atoms with van der Waals surface area (Å²) >= 11 is 0. The molecule has 0 radical (unpaired) electrons. The van der Waals surface area contributed by atoms with E-state index in [1.165, 1.54) is 31.1 Å². The summed E-state index contributed by atoms with van der Waals surface area (Å²) in [5.74, 6) is 0.575. The van der Waals surface area contributed by atoms with Crippen molar-refractivity contribution in [1.82, 2.24) is 14.3 Å². The predicted octanol–water partition coefficient (Wildman–Crippen LogP) is -0.541. The number of carbonyl (C=O) groups excluding carboxylic acids is 1. The van der Waals surface area contributed by atoms with Crippen LogP contribution in [0.4, 0.5) is 11.6 Å². The average molecular weight is 420 g/mol. The molecule has 1 atom stereocenters. The number of hydrogen-bond acceptors (Lipinski definition) is 6. The third-order valence-electron chi connectivity index (χ3n) is 5.13. The molecular formula is C19H27N6O3S+. The number of carbonyl (C=O) groups is 1. The maximum Gasteiger partial charge on any atom is 0.282 e. The van der Waals surface area contributed by atoms with Gasteiger partial charge in [0.05, 0.1) is 31.1 Å². The van der Waals surface area contributed by atoms with Crippen LogP contribution in [0, 0.1) is 0 Å². The number of sulfonamides is 1. The van der Waals surface area contributed by atoms with Gasteiger partial charge in [0.1, 0.15) is 0 Å². The van der Waals surface area contributed by atoms with E-state index in [4.69, 9.17) is 0 Å². The monoisotopic (exact) mass is 419 g/mol. The lowest BCUT2D eigenvalue weighted by molar-refractivity contribution is -0.914. The zero-order valence-corrected chi connectivity index (χ0v) is 17.7. The van der Waals surface area contributed by atoms with Gasteiger partial charge in [-0.3, -0.25) is 4.79 Å². The van der Waals surface area contributed by atoms with Crippen LogP contribution in [0.2, 0.25) is 0 Å². The van der Waals surface area contributed by atoms with Gasteiger partial charge in [-0.2, -0.15) is 0 Å². The summed E-state index contributed by atoms with van der Waals surface area (Å²) < 4.78 is 25.7. The molecule has 29 heavy (non-hydrogen) atoms. The maximum absolute atomic E-state index is 12.7. The highest BCUT2D eigenvalue weighted by Gasteiger charge is 2.30. The molecule has 0 unspecified atom stereocenters. The first-order valence-corrected chi connectivity index (χ1v) is 10.9. The Bertz CT molecular complexity index is 943. The van der Waals surface area contributed by atoms with E-state index in [2.05, 4.69) is 20.2 Å². The molecule has 1 aromatic heterocycles. The first-order valence-electron chi connectivity index (χ1n) is 9.49. The second-order valence-electron chi connectivity index (χ2n) is 7.22. The summed E-state index contributed by atoms with van der Waals surface area (Å²) in [5, 5.41) is 2.85. The summed E-state index contributed by atoms with van der Waals surface area (Å²) in [6.45, 7) is 5.02. The second-order valence-corrected chi connectivity index (χ2v) is 9.37. The van der Waals surface area contributed by atoms with Crippen LogP contribution in [0.15, 0.2) is 47.6 Å². The highest BCUT2D eigenvalue weighted by atomic mass is 32.2. The van der Waals surface area contributed by atoms with Gasteiger partial charge in [-0.1, -0.05) is 6.07 Å². The van der Waals surface area contributed by atoms with Gasteiger partial charge in [0.15, 0.2) is 6.04 Å². The normalized spacial score (nSPS) is 16.6. The molecule has 1 aliphatic rings. The maximum atomic E-state index is 12.7. The fraction of sp³-hybridized carbons (Fsp3) is 0.421. The van der Waals surface area contributed by atoms with Gasteiger partial charge in [0.25, 0.3) is 5.91 Å². The Kier molecular flexibility index (Phi) is 6.46. The quantitative estimate of drug-likeness (QED) is 0.652. The third-order valence-corrected chi connectivity index (χ3v) is 6.94. The number of nitrogens with one attached hydrogen (secondary N) is 2. The summed E-state index contributed by atoms with van der Waals surface area (Å²) in [5.41, 5.74) is 0.473. The fourth-order valence-electron chi connectivity index (χ4n) is 3.26. The predicted molar refractivity (Wildman–Crippen MR) is 110 cm³/mol. The number of amides is 1. The van der Waals surface area contributed by atoms with E-state index in [0.717, 1.165) is 30.5 Å². The van der Waals surface area contributed by atoms with Gasteiger partial charge in [0, 0.05) is 32.2 Å². The number of piperazine rings is 1. The van der Waals surface area contributed by atoms with Gasteiger partial charge in [0.2, 0.25) is 16.0 Å². The first-order chi connectivity index (χ1) is 13.8. The van der Waals surface area contributed by atoms with Crippen molar-refractivity contribution in [2.75, 3.05) is 50.5 Å². The van der Waals surface area contributed by atoms with Gasteiger partial charge in [-0.25, -0.2) is 22.7 Å². The molecule has 3 rings (SSSR count). The molecule has 1 amide bonds. The number of quaternary nitrogens is 1. The van der Waals surface area contributed by atoms with E-state index in [-0.39, 0.29) is 16.8 Å². The van der Waals surface area contributed by atoms with E-state index in [1.54, 1.807) is 30.6 Å². The smallest absolute Gasteiger partial charge is 0.282 e. The van der Waals surface area contributed by atoms with Gasteiger partial charge in [-0.05, 0) is 31.2 Å². The molecule has 10 heteroatoms. The van der Waals surface area contributed by atoms with E-state index < -0.39 is 10.0 Å². The van der Waals surface area contributed by atoms with Gasteiger partial charge < -0.3 is 15.1 Å². The van der Waals surface area contributed by atoms with E-state index in [9.17, 15) is 13.2 Å². The Morgan fingerprint density at radius 2 is 1.83 bits per heavy atom. The highest BCUT2D eigenvalue weighted by molar-refractivity contribution is 7.89. The zero-order valence-electron chi connectivity index (χ0n) is 16.9. The zero-order chi connectivity index (χ0) is 21.0. The lowest BCUT2D eigenvalue weighted by Crippen LogP contribution is -3.19. The number of rotatable bonds is 6. The number of anilines is 2. The Labute approximate surface area is 171 Å². The van der Waals surface area contributed by atoms with Crippen molar-refractivity contribution in [2.24, 2.45) is 0 Å². The van der Waals surface area contributed by atoms with Crippen LogP contribution in [0.25, 0.3) is 0 Å². The average Bonchev–Trinajstić information content (AvgIpc) is 2.74. The van der Waals surface area contributed by atoms with Crippen molar-refractivity contribution in [3.8, 4) is 0 Å². The number of hydrogen-bond donors (Lipinski definition) is 2. The SMILES string of the molecule is C[C@H](C(=O)Nc1cccc(S(=O)(=O)N(C)C)c1)[NH+]1CCN(c2ncccn2)CC1. The topological polar surface area (TPSA) is 99.9 Å². The van der Waals surface area contributed by atoms with Crippen molar-refractivity contribution < 1.29 is 18.1 Å². The number of benzene rings is 1. The van der Waals surface area contributed by atoms with Crippen molar-refractivity contribution in [2.45, 2.75) is 17.9 Å².